The normalized spacial score (nSPS) is 14.3. The Morgan fingerprint density at radius 1 is 1.14 bits per heavy atom. The van der Waals surface area contributed by atoms with Gasteiger partial charge in [-0.15, -0.1) is 0 Å². The molecule has 0 atom stereocenters. The Labute approximate surface area is 125 Å². The van der Waals surface area contributed by atoms with Gasteiger partial charge in [-0.05, 0) is 23.8 Å². The summed E-state index contributed by atoms with van der Waals surface area (Å²) >= 11 is 0. The maximum Gasteiger partial charge on any atom is 0.328 e. The van der Waals surface area contributed by atoms with E-state index in [1.165, 1.54) is 13.2 Å². The zero-order valence-corrected chi connectivity index (χ0v) is 11.7. The first kappa shape index (κ1) is 15.5. The second-order valence-electron chi connectivity index (χ2n) is 4.28. The fraction of sp³-hybridized carbons (Fsp3) is 0.214. The molecule has 8 nitrogen and oxygen atoms in total. The van der Waals surface area contributed by atoms with Gasteiger partial charge in [0.05, 0.1) is 13.7 Å². The molecule has 0 bridgehead atoms. The molecule has 1 saturated heterocycles. The fourth-order valence-electron chi connectivity index (χ4n) is 1.82. The topological polar surface area (TPSA) is 114 Å². The number of rotatable bonds is 5. The van der Waals surface area contributed by atoms with Gasteiger partial charge in [-0.25, -0.2) is 4.79 Å². The molecule has 22 heavy (non-hydrogen) atoms. The third-order valence-electron chi connectivity index (χ3n) is 2.79. The molecule has 1 aliphatic rings. The van der Waals surface area contributed by atoms with Crippen LogP contribution in [0.25, 0.3) is 6.08 Å². The predicted octanol–water partition coefficient (Wildman–Crippen LogP) is -0.184. The Hall–Kier alpha value is -2.87. The monoisotopic (exact) mass is 306 g/mol. The highest BCUT2D eigenvalue weighted by molar-refractivity contribution is 6.31. The zero-order chi connectivity index (χ0) is 16.1. The highest BCUT2D eigenvalue weighted by atomic mass is 16.5. The molecule has 1 fully saturated rings. The maximum absolute atomic E-state index is 11.6. The summed E-state index contributed by atoms with van der Waals surface area (Å²) in [6.07, 6.45) is 1.33. The molecule has 0 aromatic heterocycles. The van der Waals surface area contributed by atoms with E-state index >= 15 is 0 Å². The van der Waals surface area contributed by atoms with Crippen molar-refractivity contribution in [3.05, 3.63) is 29.3 Å². The van der Waals surface area contributed by atoms with E-state index in [0.29, 0.717) is 17.1 Å². The van der Waals surface area contributed by atoms with Gasteiger partial charge in [0, 0.05) is 0 Å². The van der Waals surface area contributed by atoms with Gasteiger partial charge in [0.25, 0.3) is 11.8 Å². The van der Waals surface area contributed by atoms with Crippen LogP contribution in [0.3, 0.4) is 0 Å². The molecule has 4 amide bonds. The minimum Gasteiger partial charge on any atom is -0.493 e. The van der Waals surface area contributed by atoms with Gasteiger partial charge in [0.2, 0.25) is 0 Å². The largest absolute Gasteiger partial charge is 0.493 e. The third kappa shape index (κ3) is 3.41. The molecule has 1 aromatic carbocycles. The number of amides is 4. The van der Waals surface area contributed by atoms with Crippen LogP contribution in [0.5, 0.6) is 11.5 Å². The lowest BCUT2D eigenvalue weighted by Crippen LogP contribution is -2.51. The predicted molar refractivity (Wildman–Crippen MR) is 75.2 cm³/mol. The van der Waals surface area contributed by atoms with E-state index in [2.05, 4.69) is 0 Å². The Morgan fingerprint density at radius 3 is 2.41 bits per heavy atom. The molecule has 116 valence electrons. The summed E-state index contributed by atoms with van der Waals surface area (Å²) in [5.41, 5.74) is 0.327. The van der Waals surface area contributed by atoms with Crippen LogP contribution < -0.4 is 20.1 Å². The van der Waals surface area contributed by atoms with Crippen LogP contribution in [-0.4, -0.2) is 43.3 Å². The number of aliphatic hydroxyl groups is 1. The molecular weight excluding hydrogens is 292 g/mol. The first-order chi connectivity index (χ1) is 10.5. The van der Waals surface area contributed by atoms with Crippen molar-refractivity contribution >= 4 is 23.9 Å². The number of carbonyl (C=O) groups excluding carboxylic acids is 3. The number of methoxy groups -OCH3 is 1. The van der Waals surface area contributed by atoms with E-state index in [-0.39, 0.29) is 18.8 Å². The molecule has 8 heteroatoms. The molecule has 0 spiro atoms. The Kier molecular flexibility index (Phi) is 4.74. The van der Waals surface area contributed by atoms with Crippen LogP contribution in [0.4, 0.5) is 4.79 Å². The Bertz CT molecular complexity index is 631. The zero-order valence-electron chi connectivity index (χ0n) is 11.7. The lowest BCUT2D eigenvalue weighted by atomic mass is 10.1. The van der Waals surface area contributed by atoms with Gasteiger partial charge in [-0.3, -0.25) is 20.2 Å². The van der Waals surface area contributed by atoms with Crippen molar-refractivity contribution in [2.24, 2.45) is 0 Å². The van der Waals surface area contributed by atoms with Gasteiger partial charge in [0.15, 0.2) is 11.5 Å². The molecule has 0 radical (unpaired) electrons. The molecule has 0 saturated carbocycles. The number of nitrogens with one attached hydrogen (secondary N) is 2. The van der Waals surface area contributed by atoms with Crippen molar-refractivity contribution in [3.63, 3.8) is 0 Å². The average molecular weight is 306 g/mol. The number of hydrogen-bond acceptors (Lipinski definition) is 6. The van der Waals surface area contributed by atoms with Gasteiger partial charge in [0.1, 0.15) is 12.2 Å². The fourth-order valence-corrected chi connectivity index (χ4v) is 1.82. The molecule has 3 N–H and O–H groups in total. The minimum absolute atomic E-state index is 0.115. The van der Waals surface area contributed by atoms with Crippen LogP contribution in [0, 0.1) is 0 Å². The lowest BCUT2D eigenvalue weighted by molar-refractivity contribution is -0.123. The van der Waals surface area contributed by atoms with Crippen molar-refractivity contribution in [2.75, 3.05) is 20.3 Å². The van der Waals surface area contributed by atoms with E-state index in [1.54, 1.807) is 18.2 Å². The minimum atomic E-state index is -0.850. The number of benzene rings is 1. The maximum atomic E-state index is 11.6. The quantitative estimate of drug-likeness (QED) is 0.513. The van der Waals surface area contributed by atoms with E-state index in [1.807, 2.05) is 10.6 Å². The van der Waals surface area contributed by atoms with E-state index < -0.39 is 17.8 Å². The number of aliphatic hydroxyl groups excluding tert-OH is 1. The van der Waals surface area contributed by atoms with E-state index in [4.69, 9.17) is 14.6 Å². The lowest BCUT2D eigenvalue weighted by Gasteiger charge is -2.14. The smallest absolute Gasteiger partial charge is 0.328 e. The summed E-state index contributed by atoms with van der Waals surface area (Å²) in [6, 6.07) is 3.91. The molecular formula is C14H14N2O6. The first-order valence-electron chi connectivity index (χ1n) is 6.35. The Morgan fingerprint density at radius 2 is 1.82 bits per heavy atom. The number of imide groups is 2. The van der Waals surface area contributed by atoms with Crippen LogP contribution in [0.2, 0.25) is 0 Å². The summed E-state index contributed by atoms with van der Waals surface area (Å²) in [5, 5.41) is 12.7. The summed E-state index contributed by atoms with van der Waals surface area (Å²) < 4.78 is 10.4. The van der Waals surface area contributed by atoms with Crippen LogP contribution in [0.1, 0.15) is 5.56 Å². The first-order valence-corrected chi connectivity index (χ1v) is 6.35. The molecule has 1 aliphatic heterocycles. The van der Waals surface area contributed by atoms with Gasteiger partial charge in [-0.2, -0.15) is 0 Å². The highest BCUT2D eigenvalue weighted by Crippen LogP contribution is 2.29. The van der Waals surface area contributed by atoms with Gasteiger partial charge >= 0.3 is 6.03 Å². The van der Waals surface area contributed by atoms with Crippen molar-refractivity contribution < 1.29 is 29.0 Å². The summed E-state index contributed by atoms with van der Waals surface area (Å²) in [6.45, 7) is -0.0208. The molecule has 0 aliphatic carbocycles. The SMILES string of the molecule is COc1cc(C=C2C(=O)NC(=O)NC2=O)ccc1OCCO. The van der Waals surface area contributed by atoms with E-state index in [0.717, 1.165) is 0 Å². The number of hydrogen-bond donors (Lipinski definition) is 3. The Balaban J connectivity index is 2.29. The van der Waals surface area contributed by atoms with Crippen molar-refractivity contribution in [2.45, 2.75) is 0 Å². The standard InChI is InChI=1S/C14H14N2O6/c1-21-11-7-8(2-3-10(11)22-5-4-17)6-9-12(18)15-14(20)16-13(9)19/h2-3,6-7,17H,4-5H2,1H3,(H2,15,16,18,19,20). The summed E-state index contributed by atoms with van der Waals surface area (Å²) in [7, 11) is 1.44. The average Bonchev–Trinajstić information content (AvgIpc) is 2.49. The number of ether oxygens (including phenoxy) is 2. The van der Waals surface area contributed by atoms with E-state index in [9.17, 15) is 14.4 Å². The van der Waals surface area contributed by atoms with Crippen molar-refractivity contribution in [3.8, 4) is 11.5 Å². The van der Waals surface area contributed by atoms with Crippen LogP contribution in [-0.2, 0) is 9.59 Å². The second kappa shape index (κ2) is 6.72. The number of barbiturate groups is 1. The van der Waals surface area contributed by atoms with Gasteiger partial charge in [-0.1, -0.05) is 6.07 Å². The van der Waals surface area contributed by atoms with Gasteiger partial charge < -0.3 is 14.6 Å². The number of carbonyl (C=O) groups is 3. The molecule has 1 heterocycles. The summed E-state index contributed by atoms with van der Waals surface area (Å²) in [5.74, 6) is -0.733. The molecule has 2 rings (SSSR count). The van der Waals surface area contributed by atoms with Crippen LogP contribution in [0.15, 0.2) is 23.8 Å². The van der Waals surface area contributed by atoms with Crippen molar-refractivity contribution in [1.82, 2.24) is 10.6 Å². The van der Waals surface area contributed by atoms with Crippen molar-refractivity contribution in [1.29, 1.82) is 0 Å². The van der Waals surface area contributed by atoms with Crippen LogP contribution >= 0.6 is 0 Å². The summed E-state index contributed by atoms with van der Waals surface area (Å²) in [4.78, 5) is 34.3. The number of urea groups is 1. The molecule has 1 aromatic rings. The third-order valence-corrected chi connectivity index (χ3v) is 2.79. The highest BCUT2D eigenvalue weighted by Gasteiger charge is 2.27. The second-order valence-corrected chi connectivity index (χ2v) is 4.28. The molecule has 0 unspecified atom stereocenters.